The van der Waals surface area contributed by atoms with Crippen LogP contribution in [0.3, 0.4) is 0 Å². The second-order valence-corrected chi connectivity index (χ2v) is 14.7. The van der Waals surface area contributed by atoms with Crippen LogP contribution in [0.25, 0.3) is 55.3 Å². The average molecular weight is 658 g/mol. The number of fused-ring (bicyclic) bond motifs is 6. The molecule has 0 N–H and O–H groups in total. The van der Waals surface area contributed by atoms with Crippen LogP contribution in [-0.4, -0.2) is 0 Å². The molecule has 1 aromatic heterocycles. The van der Waals surface area contributed by atoms with Crippen LogP contribution in [0.4, 0.5) is 11.4 Å². The van der Waals surface area contributed by atoms with Crippen molar-refractivity contribution in [3.63, 3.8) is 0 Å². The molecular formula is C49H39NO. The van der Waals surface area contributed by atoms with E-state index in [9.17, 15) is 0 Å². The van der Waals surface area contributed by atoms with E-state index in [1.54, 1.807) is 5.57 Å². The van der Waals surface area contributed by atoms with E-state index in [1.165, 1.54) is 50.3 Å². The number of rotatable bonds is 5. The highest BCUT2D eigenvalue weighted by Crippen LogP contribution is 2.52. The lowest BCUT2D eigenvalue weighted by Crippen LogP contribution is -2.22. The van der Waals surface area contributed by atoms with Gasteiger partial charge in [0.15, 0.2) is 0 Å². The van der Waals surface area contributed by atoms with Gasteiger partial charge in [0.1, 0.15) is 11.2 Å². The van der Waals surface area contributed by atoms with Crippen molar-refractivity contribution >= 4 is 33.3 Å². The van der Waals surface area contributed by atoms with Crippen LogP contribution in [0.1, 0.15) is 50.7 Å². The Kier molecular flexibility index (Phi) is 6.83. The quantitative estimate of drug-likeness (QED) is 0.183. The lowest BCUT2D eigenvalue weighted by molar-refractivity contribution is 0.660. The van der Waals surface area contributed by atoms with Gasteiger partial charge < -0.3 is 9.32 Å². The minimum Gasteiger partial charge on any atom is -0.455 e. The standard InChI is InChI=1S/C49H39NO/c1-49(2)44-30-35(32-12-4-3-5-13-32)24-28-40(44)41-29-27-37(31-45(41)49)50(46-20-10-15-33-14-6-7-16-38(33)46)36-25-22-34(23-26-36)39-18-11-19-43-42-17-8-9-21-47(42)51-48(39)43/h3-5,7-9,11-13,16-31H,6,10,14-15H2,1-2H3. The molecule has 0 unspecified atom stereocenters. The molecule has 0 amide bonds. The zero-order valence-corrected chi connectivity index (χ0v) is 29.1. The van der Waals surface area contributed by atoms with Gasteiger partial charge in [0.05, 0.1) is 0 Å². The fourth-order valence-corrected chi connectivity index (χ4v) is 8.81. The van der Waals surface area contributed by atoms with Gasteiger partial charge in [-0.15, -0.1) is 0 Å². The Bertz CT molecular complexity index is 2590. The van der Waals surface area contributed by atoms with Crippen molar-refractivity contribution < 1.29 is 4.42 Å². The van der Waals surface area contributed by atoms with Gasteiger partial charge in [-0.25, -0.2) is 0 Å². The molecule has 0 spiro atoms. The normalized spacial score (nSPS) is 15.8. The molecule has 2 heteroatoms. The SMILES string of the molecule is CC1(C)c2cc(-c3ccccc3)ccc2-c2ccc(N(C3=CCCC4=C3C=CCC4)c3ccc(-c4cccc5c4oc4ccccc45)cc3)cc21. The first kappa shape index (κ1) is 30.0. The molecule has 3 aliphatic carbocycles. The molecule has 6 aromatic carbocycles. The second kappa shape index (κ2) is 11.6. The number of hydrogen-bond acceptors (Lipinski definition) is 2. The summed E-state index contributed by atoms with van der Waals surface area (Å²) in [4.78, 5) is 2.50. The Balaban J connectivity index is 1.09. The van der Waals surface area contributed by atoms with E-state index in [0.717, 1.165) is 64.4 Å². The summed E-state index contributed by atoms with van der Waals surface area (Å²) in [7, 11) is 0. The van der Waals surface area contributed by atoms with Gasteiger partial charge in [-0.1, -0.05) is 135 Å². The fraction of sp³-hybridized carbons (Fsp3) is 0.143. The third kappa shape index (κ3) is 4.77. The molecule has 51 heavy (non-hydrogen) atoms. The third-order valence-corrected chi connectivity index (χ3v) is 11.4. The minimum atomic E-state index is -0.137. The van der Waals surface area contributed by atoms with Crippen LogP contribution in [0.2, 0.25) is 0 Å². The Hall–Kier alpha value is -5.86. The molecule has 0 aliphatic heterocycles. The number of nitrogens with zero attached hydrogens (tertiary/aromatic N) is 1. The molecular weight excluding hydrogens is 619 g/mol. The monoisotopic (exact) mass is 657 g/mol. The van der Waals surface area contributed by atoms with Crippen molar-refractivity contribution in [2.45, 2.75) is 44.9 Å². The van der Waals surface area contributed by atoms with Crippen LogP contribution >= 0.6 is 0 Å². The Morgan fingerprint density at radius 2 is 1.27 bits per heavy atom. The zero-order chi connectivity index (χ0) is 34.1. The highest BCUT2D eigenvalue weighted by atomic mass is 16.3. The van der Waals surface area contributed by atoms with E-state index in [-0.39, 0.29) is 5.41 Å². The highest BCUT2D eigenvalue weighted by Gasteiger charge is 2.37. The van der Waals surface area contributed by atoms with E-state index in [4.69, 9.17) is 4.42 Å². The van der Waals surface area contributed by atoms with Crippen molar-refractivity contribution in [3.05, 3.63) is 180 Å². The third-order valence-electron chi connectivity index (χ3n) is 11.4. The van der Waals surface area contributed by atoms with Gasteiger partial charge in [0.2, 0.25) is 0 Å². The summed E-state index contributed by atoms with van der Waals surface area (Å²) in [6.45, 7) is 4.77. The summed E-state index contributed by atoms with van der Waals surface area (Å²) in [6.07, 6.45) is 11.7. The van der Waals surface area contributed by atoms with Crippen molar-refractivity contribution in [2.75, 3.05) is 4.90 Å². The maximum atomic E-state index is 6.43. The maximum Gasteiger partial charge on any atom is 0.143 e. The van der Waals surface area contributed by atoms with Crippen molar-refractivity contribution in [1.29, 1.82) is 0 Å². The summed E-state index contributed by atoms with van der Waals surface area (Å²) < 4.78 is 6.43. The number of furan rings is 1. The first-order valence-electron chi connectivity index (χ1n) is 18.3. The van der Waals surface area contributed by atoms with Gasteiger partial charge in [-0.05, 0) is 107 Å². The van der Waals surface area contributed by atoms with E-state index < -0.39 is 0 Å². The topological polar surface area (TPSA) is 16.4 Å². The summed E-state index contributed by atoms with van der Waals surface area (Å²) in [5.41, 5.74) is 18.6. The van der Waals surface area contributed by atoms with Crippen molar-refractivity contribution in [3.8, 4) is 33.4 Å². The number of benzene rings is 6. The molecule has 246 valence electrons. The van der Waals surface area contributed by atoms with Gasteiger partial charge in [0.25, 0.3) is 0 Å². The summed E-state index contributed by atoms with van der Waals surface area (Å²) in [5, 5.41) is 2.31. The van der Waals surface area contributed by atoms with E-state index in [1.807, 2.05) is 6.07 Å². The zero-order valence-electron chi connectivity index (χ0n) is 29.1. The van der Waals surface area contributed by atoms with Crippen LogP contribution < -0.4 is 4.90 Å². The summed E-state index contributed by atoms with van der Waals surface area (Å²) >= 11 is 0. The van der Waals surface area contributed by atoms with Crippen molar-refractivity contribution in [2.24, 2.45) is 0 Å². The summed E-state index contributed by atoms with van der Waals surface area (Å²) in [5.74, 6) is 0. The van der Waals surface area contributed by atoms with Crippen LogP contribution in [0.5, 0.6) is 0 Å². The molecule has 2 nitrogen and oxygen atoms in total. The Labute approximate surface area is 299 Å². The first-order chi connectivity index (χ1) is 25.0. The maximum absolute atomic E-state index is 6.43. The molecule has 3 aliphatic rings. The predicted octanol–water partition coefficient (Wildman–Crippen LogP) is 13.7. The number of allylic oxidation sites excluding steroid dienone is 4. The number of anilines is 2. The molecule has 0 fully saturated rings. The molecule has 0 radical (unpaired) electrons. The van der Waals surface area contributed by atoms with Crippen molar-refractivity contribution in [1.82, 2.24) is 0 Å². The van der Waals surface area contributed by atoms with Gasteiger partial charge in [-0.2, -0.15) is 0 Å². The molecule has 0 bridgehead atoms. The van der Waals surface area contributed by atoms with E-state index in [0.29, 0.717) is 0 Å². The Morgan fingerprint density at radius 1 is 0.569 bits per heavy atom. The molecule has 10 rings (SSSR count). The first-order valence-corrected chi connectivity index (χ1v) is 18.3. The van der Waals surface area contributed by atoms with Crippen LogP contribution in [0.15, 0.2) is 173 Å². The lowest BCUT2D eigenvalue weighted by Gasteiger charge is -2.34. The van der Waals surface area contributed by atoms with Crippen LogP contribution in [0, 0.1) is 0 Å². The van der Waals surface area contributed by atoms with Gasteiger partial charge in [0, 0.05) is 38.8 Å². The lowest BCUT2D eigenvalue weighted by atomic mass is 9.81. The average Bonchev–Trinajstić information content (AvgIpc) is 3.67. The number of hydrogen-bond donors (Lipinski definition) is 0. The van der Waals surface area contributed by atoms with Gasteiger partial charge in [-0.3, -0.25) is 0 Å². The highest BCUT2D eigenvalue weighted by molar-refractivity contribution is 6.09. The van der Waals surface area contributed by atoms with E-state index in [2.05, 4.69) is 164 Å². The number of para-hydroxylation sites is 2. The van der Waals surface area contributed by atoms with Crippen LogP contribution in [-0.2, 0) is 5.41 Å². The fourth-order valence-electron chi connectivity index (χ4n) is 8.81. The molecule has 0 saturated carbocycles. The van der Waals surface area contributed by atoms with Gasteiger partial charge >= 0.3 is 0 Å². The van der Waals surface area contributed by atoms with E-state index >= 15 is 0 Å². The smallest absolute Gasteiger partial charge is 0.143 e. The second-order valence-electron chi connectivity index (χ2n) is 14.7. The molecule has 7 aromatic rings. The summed E-state index contributed by atoms with van der Waals surface area (Å²) in [6, 6.07) is 48.8. The molecule has 0 atom stereocenters. The predicted molar refractivity (Wildman–Crippen MR) is 213 cm³/mol. The molecule has 0 saturated heterocycles. The molecule has 1 heterocycles. The Morgan fingerprint density at radius 3 is 2.14 bits per heavy atom. The minimum absolute atomic E-state index is 0.137. The largest absolute Gasteiger partial charge is 0.455 e.